The van der Waals surface area contributed by atoms with Crippen molar-refractivity contribution in [2.24, 2.45) is 0 Å². The summed E-state index contributed by atoms with van der Waals surface area (Å²) in [5, 5.41) is 12.3. The van der Waals surface area contributed by atoms with Crippen LogP contribution in [0.15, 0.2) is 60.9 Å². The number of aromatic nitrogens is 3. The van der Waals surface area contributed by atoms with Gasteiger partial charge in [-0.1, -0.05) is 6.07 Å². The zero-order valence-corrected chi connectivity index (χ0v) is 19.0. The summed E-state index contributed by atoms with van der Waals surface area (Å²) in [5.41, 5.74) is 0.527. The van der Waals surface area contributed by atoms with Crippen molar-refractivity contribution in [3.05, 3.63) is 77.8 Å². The lowest BCUT2D eigenvalue weighted by Gasteiger charge is -2.25. The average Bonchev–Trinajstić information content (AvgIpc) is 2.78. The van der Waals surface area contributed by atoms with Gasteiger partial charge >= 0.3 is 6.09 Å². The second-order valence-electron chi connectivity index (χ2n) is 8.72. The van der Waals surface area contributed by atoms with Crippen LogP contribution in [0.25, 0.3) is 33.4 Å². The molecule has 2 heterocycles. The standard InChI is InChI=1S/C25H22F2N4O3/c1-25(2,3)34-24(32)30(4)23-18-9-7-15(19-13-17(26)8-10-20(19)27)12-21(18)28-22(29-23)16-6-5-11-31(33)14-16/h5-14H,1-4H3. The molecule has 0 N–H and O–H groups in total. The summed E-state index contributed by atoms with van der Waals surface area (Å²) in [5.74, 6) is -0.743. The van der Waals surface area contributed by atoms with E-state index in [-0.39, 0.29) is 17.2 Å². The van der Waals surface area contributed by atoms with Gasteiger partial charge in [0.1, 0.15) is 23.1 Å². The molecule has 0 atom stereocenters. The molecule has 174 valence electrons. The maximum absolute atomic E-state index is 14.4. The molecule has 0 fully saturated rings. The number of hydrogen-bond donors (Lipinski definition) is 0. The Bertz CT molecular complexity index is 1400. The molecule has 0 spiro atoms. The number of fused-ring (bicyclic) bond motifs is 1. The third kappa shape index (κ3) is 4.78. The van der Waals surface area contributed by atoms with Crippen LogP contribution in [-0.4, -0.2) is 28.7 Å². The van der Waals surface area contributed by atoms with E-state index in [9.17, 15) is 18.8 Å². The molecule has 0 unspecified atom stereocenters. The van der Waals surface area contributed by atoms with Crippen molar-refractivity contribution < 1.29 is 23.0 Å². The van der Waals surface area contributed by atoms with E-state index in [1.807, 2.05) is 0 Å². The Morgan fingerprint density at radius 1 is 1.06 bits per heavy atom. The maximum atomic E-state index is 14.4. The molecule has 0 radical (unpaired) electrons. The van der Waals surface area contributed by atoms with Gasteiger partial charge in [0, 0.05) is 24.1 Å². The molecule has 0 aliphatic heterocycles. The number of ether oxygens (including phenoxy) is 1. The Hall–Kier alpha value is -4.14. The maximum Gasteiger partial charge on any atom is 0.415 e. The topological polar surface area (TPSA) is 82.3 Å². The fourth-order valence-electron chi connectivity index (χ4n) is 3.39. The number of amides is 1. The number of halogens is 2. The van der Waals surface area contributed by atoms with E-state index in [1.54, 1.807) is 51.1 Å². The predicted molar refractivity (Wildman–Crippen MR) is 124 cm³/mol. The first-order chi connectivity index (χ1) is 16.0. The van der Waals surface area contributed by atoms with E-state index in [0.717, 1.165) is 18.2 Å². The van der Waals surface area contributed by atoms with E-state index in [4.69, 9.17) is 4.74 Å². The molecule has 4 rings (SSSR count). The van der Waals surface area contributed by atoms with Crippen LogP contribution in [0.5, 0.6) is 0 Å². The number of hydrogen-bond acceptors (Lipinski definition) is 5. The molecule has 9 heteroatoms. The first-order valence-corrected chi connectivity index (χ1v) is 10.4. The van der Waals surface area contributed by atoms with Crippen LogP contribution < -0.4 is 9.63 Å². The molecule has 0 bridgehead atoms. The van der Waals surface area contributed by atoms with Crippen LogP contribution in [0, 0.1) is 16.8 Å². The number of nitrogens with zero attached hydrogens (tertiary/aromatic N) is 4. The van der Waals surface area contributed by atoms with E-state index >= 15 is 0 Å². The number of carbonyl (C=O) groups is 1. The van der Waals surface area contributed by atoms with Crippen molar-refractivity contribution in [3.63, 3.8) is 0 Å². The summed E-state index contributed by atoms with van der Waals surface area (Å²) in [4.78, 5) is 23.1. The monoisotopic (exact) mass is 464 g/mol. The van der Waals surface area contributed by atoms with Gasteiger partial charge in [0.2, 0.25) is 0 Å². The summed E-state index contributed by atoms with van der Waals surface area (Å²) in [6.45, 7) is 5.25. The minimum atomic E-state index is -0.730. The van der Waals surface area contributed by atoms with Crippen molar-refractivity contribution in [2.75, 3.05) is 11.9 Å². The molecular weight excluding hydrogens is 442 g/mol. The van der Waals surface area contributed by atoms with Crippen molar-refractivity contribution in [2.45, 2.75) is 26.4 Å². The third-order valence-electron chi connectivity index (χ3n) is 4.93. The molecule has 7 nitrogen and oxygen atoms in total. The summed E-state index contributed by atoms with van der Waals surface area (Å²) >= 11 is 0. The summed E-state index contributed by atoms with van der Waals surface area (Å²) < 4.78 is 34.3. The zero-order valence-electron chi connectivity index (χ0n) is 19.0. The minimum absolute atomic E-state index is 0.0706. The van der Waals surface area contributed by atoms with Crippen LogP contribution in [-0.2, 0) is 4.74 Å². The summed E-state index contributed by atoms with van der Waals surface area (Å²) in [7, 11) is 1.51. The lowest BCUT2D eigenvalue weighted by atomic mass is 10.0. The van der Waals surface area contributed by atoms with E-state index in [1.165, 1.54) is 24.3 Å². The van der Waals surface area contributed by atoms with Crippen LogP contribution in [0.4, 0.5) is 19.4 Å². The average molecular weight is 464 g/mol. The number of pyridine rings is 1. The highest BCUT2D eigenvalue weighted by molar-refractivity contribution is 6.00. The van der Waals surface area contributed by atoms with Gasteiger partial charge in [-0.15, -0.1) is 0 Å². The van der Waals surface area contributed by atoms with Gasteiger partial charge in [-0.25, -0.2) is 23.5 Å². The van der Waals surface area contributed by atoms with E-state index in [2.05, 4.69) is 9.97 Å². The SMILES string of the molecule is CN(C(=O)OC(C)(C)C)c1nc(-c2ccc[n+]([O-])c2)nc2cc(-c3cc(F)ccc3F)ccc12. The van der Waals surface area contributed by atoms with Crippen LogP contribution in [0.2, 0.25) is 0 Å². The van der Waals surface area contributed by atoms with Gasteiger partial charge in [-0.3, -0.25) is 4.90 Å². The lowest BCUT2D eigenvalue weighted by Crippen LogP contribution is -2.34. The number of rotatable bonds is 3. The third-order valence-corrected chi connectivity index (χ3v) is 4.93. The van der Waals surface area contributed by atoms with Crippen molar-refractivity contribution in [3.8, 4) is 22.5 Å². The van der Waals surface area contributed by atoms with Crippen LogP contribution in [0.3, 0.4) is 0 Å². The van der Waals surface area contributed by atoms with E-state index < -0.39 is 23.3 Å². The molecule has 2 aromatic carbocycles. The van der Waals surface area contributed by atoms with Crippen LogP contribution in [0.1, 0.15) is 20.8 Å². The Morgan fingerprint density at radius 2 is 1.82 bits per heavy atom. The number of carbonyl (C=O) groups excluding carboxylic acids is 1. The molecule has 1 amide bonds. The Labute approximate surface area is 194 Å². The summed E-state index contributed by atoms with van der Waals surface area (Å²) in [6.07, 6.45) is 1.99. The molecule has 4 aromatic rings. The first kappa shape index (κ1) is 23.0. The van der Waals surface area contributed by atoms with Gasteiger partial charge in [0.05, 0.1) is 11.1 Å². The highest BCUT2D eigenvalue weighted by atomic mass is 19.1. The second-order valence-corrected chi connectivity index (χ2v) is 8.72. The van der Waals surface area contributed by atoms with Crippen molar-refractivity contribution in [1.29, 1.82) is 0 Å². The zero-order chi connectivity index (χ0) is 24.6. The second kappa shape index (κ2) is 8.66. The molecule has 2 aromatic heterocycles. The minimum Gasteiger partial charge on any atom is -0.619 e. The Morgan fingerprint density at radius 3 is 2.53 bits per heavy atom. The molecule has 0 saturated heterocycles. The Balaban J connectivity index is 1.92. The van der Waals surface area contributed by atoms with Gasteiger partial charge in [0.15, 0.2) is 18.2 Å². The molecule has 34 heavy (non-hydrogen) atoms. The van der Waals surface area contributed by atoms with Crippen molar-refractivity contribution in [1.82, 2.24) is 9.97 Å². The Kier molecular flexibility index (Phi) is 5.87. The van der Waals surface area contributed by atoms with E-state index in [0.29, 0.717) is 26.8 Å². The summed E-state index contributed by atoms with van der Waals surface area (Å²) in [6, 6.07) is 11.2. The molecule has 0 aliphatic carbocycles. The van der Waals surface area contributed by atoms with Gasteiger partial charge in [-0.05, 0) is 62.7 Å². The highest BCUT2D eigenvalue weighted by Crippen LogP contribution is 2.32. The molecular formula is C25H22F2N4O3. The first-order valence-electron chi connectivity index (χ1n) is 10.4. The predicted octanol–water partition coefficient (Wildman–Crippen LogP) is 5.25. The highest BCUT2D eigenvalue weighted by Gasteiger charge is 2.24. The largest absolute Gasteiger partial charge is 0.619 e. The van der Waals surface area contributed by atoms with Gasteiger partial charge in [-0.2, -0.15) is 4.73 Å². The lowest BCUT2D eigenvalue weighted by molar-refractivity contribution is -0.604. The molecule has 0 aliphatic rings. The fourth-order valence-corrected chi connectivity index (χ4v) is 3.39. The quantitative estimate of drug-likeness (QED) is 0.306. The fraction of sp³-hybridized carbons (Fsp3) is 0.200. The number of benzene rings is 2. The smallest absolute Gasteiger partial charge is 0.415 e. The normalized spacial score (nSPS) is 11.5. The van der Waals surface area contributed by atoms with Gasteiger partial charge < -0.3 is 9.94 Å². The van der Waals surface area contributed by atoms with Gasteiger partial charge in [0.25, 0.3) is 0 Å². The molecule has 0 saturated carbocycles. The van der Waals surface area contributed by atoms with Crippen LogP contribution >= 0.6 is 0 Å². The van der Waals surface area contributed by atoms with Crippen molar-refractivity contribution >= 4 is 22.8 Å². The number of anilines is 1.